The van der Waals surface area contributed by atoms with Crippen LogP contribution < -0.4 is 5.32 Å². The van der Waals surface area contributed by atoms with E-state index in [9.17, 15) is 14.7 Å². The number of aliphatic imine (C=N–C) groups is 1. The number of aryl methyl sites for hydroxylation is 1. The molecule has 1 aliphatic heterocycles. The van der Waals surface area contributed by atoms with Gasteiger partial charge < -0.3 is 10.4 Å². The fraction of sp³-hybridized carbons (Fsp3) is 0.250. The maximum Gasteiger partial charge on any atom is 0.242 e. The molecule has 2 N–H and O–H groups in total. The molecule has 1 fully saturated rings. The Morgan fingerprint density at radius 2 is 2.04 bits per heavy atom. The molecule has 146 valence electrons. The number of nitrogens with zero attached hydrogens (tertiary/aromatic N) is 2. The number of β-amino-alcohol motifs (C(OH)–C–C–N with tert-alkyl or cyclic N) is 1. The molecular weight excluding hydrogens is 398 g/mol. The van der Waals surface area contributed by atoms with E-state index in [4.69, 9.17) is 11.6 Å². The smallest absolute Gasteiger partial charge is 0.242 e. The normalized spacial score (nSPS) is 18.0. The van der Waals surface area contributed by atoms with Gasteiger partial charge in [0, 0.05) is 17.1 Å². The Morgan fingerprint density at radius 3 is 2.71 bits per heavy atom. The largest absolute Gasteiger partial charge is 0.395 e. The molecule has 1 saturated heterocycles. The zero-order chi connectivity index (χ0) is 20.1. The number of hydrogen-bond acceptors (Lipinski definition) is 5. The van der Waals surface area contributed by atoms with Crippen molar-refractivity contribution in [3.8, 4) is 0 Å². The number of rotatable bonds is 6. The van der Waals surface area contributed by atoms with Crippen LogP contribution in [0.1, 0.15) is 12.0 Å². The third-order valence-corrected chi connectivity index (χ3v) is 5.57. The summed E-state index contributed by atoms with van der Waals surface area (Å²) >= 11 is 7.18. The zero-order valence-corrected chi connectivity index (χ0v) is 16.8. The fourth-order valence-electron chi connectivity index (χ4n) is 2.78. The van der Waals surface area contributed by atoms with Crippen LogP contribution in [0.4, 0.5) is 11.4 Å². The third kappa shape index (κ3) is 4.92. The summed E-state index contributed by atoms with van der Waals surface area (Å²) in [5, 5.41) is 12.6. The Morgan fingerprint density at radius 1 is 1.29 bits per heavy atom. The minimum atomic E-state index is -0.582. The van der Waals surface area contributed by atoms with E-state index in [0.29, 0.717) is 21.6 Å². The SMILES string of the molecule is Cc1cc(Cl)ccc1NC(=O)CC1SC(=Nc2ccccc2)N(CCO)C1=O. The van der Waals surface area contributed by atoms with Crippen LogP contribution >= 0.6 is 23.4 Å². The lowest BCUT2D eigenvalue weighted by molar-refractivity contribution is -0.128. The Labute approximate surface area is 172 Å². The number of para-hydroxylation sites is 1. The number of nitrogens with one attached hydrogen (secondary N) is 1. The number of carbonyl (C=O) groups excluding carboxylic acids is 2. The lowest BCUT2D eigenvalue weighted by Gasteiger charge is -2.14. The first-order valence-electron chi connectivity index (χ1n) is 8.76. The second kappa shape index (κ2) is 9.23. The Bertz CT molecular complexity index is 905. The van der Waals surface area contributed by atoms with Crippen molar-refractivity contribution in [2.45, 2.75) is 18.6 Å². The first kappa shape index (κ1) is 20.4. The Kier molecular flexibility index (Phi) is 6.72. The zero-order valence-electron chi connectivity index (χ0n) is 15.3. The highest BCUT2D eigenvalue weighted by molar-refractivity contribution is 8.15. The molecule has 3 rings (SSSR count). The average molecular weight is 418 g/mol. The van der Waals surface area contributed by atoms with E-state index >= 15 is 0 Å². The second-order valence-corrected chi connectivity index (χ2v) is 7.87. The van der Waals surface area contributed by atoms with Crippen LogP contribution in [0.15, 0.2) is 53.5 Å². The maximum atomic E-state index is 12.7. The molecule has 0 bridgehead atoms. The van der Waals surface area contributed by atoms with Crippen molar-refractivity contribution in [3.63, 3.8) is 0 Å². The number of hydrogen-bond donors (Lipinski definition) is 2. The molecule has 1 unspecified atom stereocenters. The van der Waals surface area contributed by atoms with Gasteiger partial charge in [-0.25, -0.2) is 4.99 Å². The van der Waals surface area contributed by atoms with Crippen molar-refractivity contribution in [3.05, 3.63) is 59.1 Å². The van der Waals surface area contributed by atoms with Crippen LogP contribution in [0.3, 0.4) is 0 Å². The summed E-state index contributed by atoms with van der Waals surface area (Å²) in [7, 11) is 0. The molecule has 2 amide bonds. The molecule has 0 aromatic heterocycles. The first-order valence-corrected chi connectivity index (χ1v) is 10.0. The van der Waals surface area contributed by atoms with E-state index in [2.05, 4.69) is 10.3 Å². The van der Waals surface area contributed by atoms with E-state index in [1.54, 1.807) is 18.2 Å². The topological polar surface area (TPSA) is 82.0 Å². The quantitative estimate of drug-likeness (QED) is 0.752. The van der Waals surface area contributed by atoms with Crippen molar-refractivity contribution in [1.82, 2.24) is 4.90 Å². The monoisotopic (exact) mass is 417 g/mol. The molecule has 1 heterocycles. The molecule has 0 aliphatic carbocycles. The summed E-state index contributed by atoms with van der Waals surface area (Å²) in [5.41, 5.74) is 2.22. The van der Waals surface area contributed by atoms with Crippen molar-refractivity contribution < 1.29 is 14.7 Å². The van der Waals surface area contributed by atoms with Gasteiger partial charge >= 0.3 is 0 Å². The lowest BCUT2D eigenvalue weighted by atomic mass is 10.2. The number of benzene rings is 2. The Hall–Kier alpha value is -2.35. The number of amidine groups is 1. The molecular formula is C20H20ClN3O3S. The van der Waals surface area contributed by atoms with Gasteiger partial charge in [0.2, 0.25) is 11.8 Å². The summed E-state index contributed by atoms with van der Waals surface area (Å²) in [6, 6.07) is 14.5. The van der Waals surface area contributed by atoms with Gasteiger partial charge in [-0.2, -0.15) is 0 Å². The predicted octanol–water partition coefficient (Wildman–Crippen LogP) is 3.60. The Balaban J connectivity index is 1.72. The molecule has 6 nitrogen and oxygen atoms in total. The van der Waals surface area contributed by atoms with Gasteiger partial charge in [0.05, 0.1) is 18.8 Å². The minimum absolute atomic E-state index is 0.0152. The molecule has 28 heavy (non-hydrogen) atoms. The number of halogens is 1. The molecule has 0 spiro atoms. The molecule has 0 saturated carbocycles. The van der Waals surface area contributed by atoms with Gasteiger partial charge in [-0.3, -0.25) is 14.5 Å². The van der Waals surface area contributed by atoms with Crippen LogP contribution in [-0.4, -0.2) is 45.4 Å². The maximum absolute atomic E-state index is 12.7. The molecule has 2 aromatic rings. The van der Waals surface area contributed by atoms with Crippen molar-refractivity contribution in [2.75, 3.05) is 18.5 Å². The number of amides is 2. The third-order valence-electron chi connectivity index (χ3n) is 4.16. The summed E-state index contributed by atoms with van der Waals surface area (Å²) in [6.45, 7) is 1.82. The highest BCUT2D eigenvalue weighted by Crippen LogP contribution is 2.32. The van der Waals surface area contributed by atoms with Gasteiger partial charge in [0.25, 0.3) is 0 Å². The molecule has 2 aromatic carbocycles. The molecule has 0 radical (unpaired) electrons. The van der Waals surface area contributed by atoms with Crippen LogP contribution in [0.5, 0.6) is 0 Å². The lowest BCUT2D eigenvalue weighted by Crippen LogP contribution is -2.35. The van der Waals surface area contributed by atoms with E-state index in [1.807, 2.05) is 37.3 Å². The van der Waals surface area contributed by atoms with E-state index < -0.39 is 5.25 Å². The van der Waals surface area contributed by atoms with E-state index in [-0.39, 0.29) is 31.4 Å². The average Bonchev–Trinajstić information content (AvgIpc) is 2.94. The highest BCUT2D eigenvalue weighted by Gasteiger charge is 2.38. The summed E-state index contributed by atoms with van der Waals surface area (Å²) in [4.78, 5) is 31.1. The second-order valence-electron chi connectivity index (χ2n) is 6.26. The summed E-state index contributed by atoms with van der Waals surface area (Å²) in [5.74, 6) is -0.488. The number of anilines is 1. The van der Waals surface area contributed by atoms with Gasteiger partial charge in [0.15, 0.2) is 5.17 Å². The van der Waals surface area contributed by atoms with Gasteiger partial charge in [-0.15, -0.1) is 0 Å². The van der Waals surface area contributed by atoms with Crippen molar-refractivity contribution >= 4 is 51.7 Å². The molecule has 1 atom stereocenters. The van der Waals surface area contributed by atoms with Crippen molar-refractivity contribution in [2.24, 2.45) is 4.99 Å². The number of aliphatic hydroxyl groups excluding tert-OH is 1. The van der Waals surface area contributed by atoms with Gasteiger partial charge in [-0.05, 0) is 42.8 Å². The predicted molar refractivity (Wildman–Crippen MR) is 113 cm³/mol. The van der Waals surface area contributed by atoms with Crippen LogP contribution in [0.2, 0.25) is 5.02 Å². The van der Waals surface area contributed by atoms with Crippen LogP contribution in [-0.2, 0) is 9.59 Å². The van der Waals surface area contributed by atoms with Gasteiger partial charge in [-0.1, -0.05) is 41.6 Å². The highest BCUT2D eigenvalue weighted by atomic mass is 35.5. The number of aliphatic hydroxyl groups is 1. The number of thioether (sulfide) groups is 1. The van der Waals surface area contributed by atoms with Crippen LogP contribution in [0, 0.1) is 6.92 Å². The molecule has 1 aliphatic rings. The standard InChI is InChI=1S/C20H20ClN3O3S/c1-13-11-14(21)7-8-16(13)23-18(26)12-17-19(27)24(9-10-25)20(28-17)22-15-5-3-2-4-6-15/h2-8,11,17,25H,9-10,12H2,1H3,(H,23,26). The summed E-state index contributed by atoms with van der Waals surface area (Å²) in [6.07, 6.45) is 0.0152. The minimum Gasteiger partial charge on any atom is -0.395 e. The molecule has 8 heteroatoms. The van der Waals surface area contributed by atoms with Crippen LogP contribution in [0.25, 0.3) is 0 Å². The summed E-state index contributed by atoms with van der Waals surface area (Å²) < 4.78 is 0. The van der Waals surface area contributed by atoms with E-state index in [0.717, 1.165) is 5.56 Å². The van der Waals surface area contributed by atoms with E-state index in [1.165, 1.54) is 16.7 Å². The fourth-order valence-corrected chi connectivity index (χ4v) is 4.19. The van der Waals surface area contributed by atoms with Gasteiger partial charge in [0.1, 0.15) is 5.25 Å². The number of carbonyl (C=O) groups is 2. The van der Waals surface area contributed by atoms with Crippen molar-refractivity contribution in [1.29, 1.82) is 0 Å². The first-order chi connectivity index (χ1) is 13.5.